The van der Waals surface area contributed by atoms with Gasteiger partial charge in [-0.2, -0.15) is 0 Å². The van der Waals surface area contributed by atoms with Gasteiger partial charge in [0.15, 0.2) is 0 Å². The third-order valence-corrected chi connectivity index (χ3v) is 2.50. The lowest BCUT2D eigenvalue weighted by atomic mass is 10.2. The summed E-state index contributed by atoms with van der Waals surface area (Å²) in [5, 5.41) is 12.2. The number of rotatable bonds is 5. The second-order valence-electron chi connectivity index (χ2n) is 3.12. The number of pyridine rings is 1. The van der Waals surface area contributed by atoms with E-state index in [1.54, 1.807) is 0 Å². The summed E-state index contributed by atoms with van der Waals surface area (Å²) in [7, 11) is 0. The number of aromatic nitrogens is 1. The molecule has 0 aliphatic heterocycles. The Hall–Kier alpha value is -0.450. The van der Waals surface area contributed by atoms with Crippen LogP contribution in [0.3, 0.4) is 0 Å². The van der Waals surface area contributed by atoms with Crippen LogP contribution in [0.15, 0.2) is 22.8 Å². The topological polar surface area (TPSA) is 45.1 Å². The number of nitrogens with one attached hydrogen (secondary N) is 1. The van der Waals surface area contributed by atoms with E-state index in [-0.39, 0.29) is 12.6 Å². The first-order chi connectivity index (χ1) is 6.76. The molecule has 1 atom stereocenters. The van der Waals surface area contributed by atoms with Crippen molar-refractivity contribution < 1.29 is 5.11 Å². The largest absolute Gasteiger partial charge is 0.395 e. The standard InChI is InChI=1S/C10H15BrN2O/c1-2-8(7-14)12-6-9-4-3-5-10(11)13-9/h3-5,8,12,14H,2,6-7H2,1H3/t8-/m1/s1. The van der Waals surface area contributed by atoms with Crippen LogP contribution in [0.4, 0.5) is 0 Å². The van der Waals surface area contributed by atoms with Crippen molar-refractivity contribution in [1.82, 2.24) is 10.3 Å². The highest BCUT2D eigenvalue weighted by Crippen LogP contribution is 2.06. The maximum Gasteiger partial charge on any atom is 0.106 e. The molecule has 0 radical (unpaired) electrons. The molecule has 78 valence electrons. The van der Waals surface area contributed by atoms with Gasteiger partial charge < -0.3 is 10.4 Å². The molecule has 4 heteroatoms. The van der Waals surface area contributed by atoms with E-state index < -0.39 is 0 Å². The molecule has 0 aliphatic rings. The third kappa shape index (κ3) is 3.74. The van der Waals surface area contributed by atoms with Gasteiger partial charge in [0, 0.05) is 12.6 Å². The Kier molecular flexibility index (Phi) is 5.07. The normalized spacial score (nSPS) is 12.8. The van der Waals surface area contributed by atoms with Crippen molar-refractivity contribution in [2.24, 2.45) is 0 Å². The van der Waals surface area contributed by atoms with Gasteiger partial charge in [-0.3, -0.25) is 0 Å². The van der Waals surface area contributed by atoms with Crippen LogP contribution in [0.1, 0.15) is 19.0 Å². The molecule has 1 aromatic rings. The Morgan fingerprint density at radius 3 is 2.93 bits per heavy atom. The zero-order valence-electron chi connectivity index (χ0n) is 8.20. The first-order valence-electron chi connectivity index (χ1n) is 4.72. The summed E-state index contributed by atoms with van der Waals surface area (Å²) >= 11 is 3.32. The molecule has 0 aliphatic carbocycles. The fourth-order valence-electron chi connectivity index (χ4n) is 1.14. The molecule has 14 heavy (non-hydrogen) atoms. The third-order valence-electron chi connectivity index (χ3n) is 2.06. The highest BCUT2D eigenvalue weighted by Gasteiger charge is 2.03. The highest BCUT2D eigenvalue weighted by atomic mass is 79.9. The van der Waals surface area contributed by atoms with Crippen molar-refractivity contribution >= 4 is 15.9 Å². The number of hydrogen-bond donors (Lipinski definition) is 2. The van der Waals surface area contributed by atoms with Crippen LogP contribution < -0.4 is 5.32 Å². The lowest BCUT2D eigenvalue weighted by Gasteiger charge is -2.13. The molecule has 1 rings (SSSR count). The minimum atomic E-state index is 0.163. The quantitative estimate of drug-likeness (QED) is 0.791. The smallest absolute Gasteiger partial charge is 0.106 e. The van der Waals surface area contributed by atoms with Gasteiger partial charge in [-0.15, -0.1) is 0 Å². The molecular formula is C10H15BrN2O. The Morgan fingerprint density at radius 1 is 1.57 bits per heavy atom. The molecule has 1 heterocycles. The van der Waals surface area contributed by atoms with E-state index in [2.05, 4.69) is 26.2 Å². The fourth-order valence-corrected chi connectivity index (χ4v) is 1.52. The van der Waals surface area contributed by atoms with Gasteiger partial charge in [0.2, 0.25) is 0 Å². The molecule has 2 N–H and O–H groups in total. The summed E-state index contributed by atoms with van der Waals surface area (Å²) in [6.45, 7) is 2.91. The number of aliphatic hydroxyl groups excluding tert-OH is 1. The summed E-state index contributed by atoms with van der Waals surface area (Å²) < 4.78 is 0.842. The van der Waals surface area contributed by atoms with Crippen LogP contribution in [-0.2, 0) is 6.54 Å². The van der Waals surface area contributed by atoms with Crippen LogP contribution >= 0.6 is 15.9 Å². The first kappa shape index (κ1) is 11.6. The zero-order valence-corrected chi connectivity index (χ0v) is 9.79. The summed E-state index contributed by atoms with van der Waals surface area (Å²) in [4.78, 5) is 4.29. The fraction of sp³-hybridized carbons (Fsp3) is 0.500. The minimum Gasteiger partial charge on any atom is -0.395 e. The Bertz CT molecular complexity index is 277. The molecule has 1 aromatic heterocycles. The van der Waals surface area contributed by atoms with E-state index in [0.717, 1.165) is 16.7 Å². The van der Waals surface area contributed by atoms with Crippen LogP contribution in [0.2, 0.25) is 0 Å². The average Bonchev–Trinajstić information content (AvgIpc) is 2.19. The minimum absolute atomic E-state index is 0.163. The molecule has 0 saturated carbocycles. The van der Waals surface area contributed by atoms with Crippen molar-refractivity contribution in [1.29, 1.82) is 0 Å². The van der Waals surface area contributed by atoms with Crippen molar-refractivity contribution in [2.75, 3.05) is 6.61 Å². The van der Waals surface area contributed by atoms with E-state index in [4.69, 9.17) is 5.11 Å². The second kappa shape index (κ2) is 6.11. The van der Waals surface area contributed by atoms with Gasteiger partial charge in [0.05, 0.1) is 12.3 Å². The molecule has 0 saturated heterocycles. The lowest BCUT2D eigenvalue weighted by molar-refractivity contribution is 0.238. The second-order valence-corrected chi connectivity index (χ2v) is 3.93. The lowest BCUT2D eigenvalue weighted by Crippen LogP contribution is -2.31. The average molecular weight is 259 g/mol. The molecule has 0 fully saturated rings. The van der Waals surface area contributed by atoms with E-state index in [0.29, 0.717) is 6.54 Å². The van der Waals surface area contributed by atoms with Gasteiger partial charge in [0.1, 0.15) is 4.60 Å². The van der Waals surface area contributed by atoms with E-state index in [1.807, 2.05) is 25.1 Å². The predicted molar refractivity (Wildman–Crippen MR) is 59.9 cm³/mol. The number of hydrogen-bond acceptors (Lipinski definition) is 3. The van der Waals surface area contributed by atoms with Gasteiger partial charge >= 0.3 is 0 Å². The molecule has 3 nitrogen and oxygen atoms in total. The molecular weight excluding hydrogens is 244 g/mol. The van der Waals surface area contributed by atoms with Gasteiger partial charge in [-0.25, -0.2) is 4.98 Å². The van der Waals surface area contributed by atoms with Crippen LogP contribution in [-0.4, -0.2) is 22.7 Å². The molecule has 0 amide bonds. The summed E-state index contributed by atoms with van der Waals surface area (Å²) in [6.07, 6.45) is 0.921. The molecule has 0 spiro atoms. The number of aliphatic hydroxyl groups is 1. The summed E-state index contributed by atoms with van der Waals surface area (Å²) in [6, 6.07) is 5.97. The number of halogens is 1. The number of nitrogens with zero attached hydrogens (tertiary/aromatic N) is 1. The van der Waals surface area contributed by atoms with Crippen LogP contribution in [0, 0.1) is 0 Å². The highest BCUT2D eigenvalue weighted by molar-refractivity contribution is 9.10. The van der Waals surface area contributed by atoms with Gasteiger partial charge in [0.25, 0.3) is 0 Å². The SMILES string of the molecule is CC[C@H](CO)NCc1cccc(Br)n1. The van der Waals surface area contributed by atoms with Crippen LogP contribution in [0.5, 0.6) is 0 Å². The molecule has 0 bridgehead atoms. The van der Waals surface area contributed by atoms with Gasteiger partial charge in [-0.1, -0.05) is 13.0 Å². The Labute approximate surface area is 92.7 Å². The monoisotopic (exact) mass is 258 g/mol. The van der Waals surface area contributed by atoms with E-state index in [9.17, 15) is 0 Å². The maximum atomic E-state index is 8.97. The zero-order chi connectivity index (χ0) is 10.4. The van der Waals surface area contributed by atoms with Crippen LogP contribution in [0.25, 0.3) is 0 Å². The van der Waals surface area contributed by atoms with Crippen molar-refractivity contribution in [2.45, 2.75) is 25.9 Å². The van der Waals surface area contributed by atoms with Crippen molar-refractivity contribution in [3.8, 4) is 0 Å². The first-order valence-corrected chi connectivity index (χ1v) is 5.51. The summed E-state index contributed by atoms with van der Waals surface area (Å²) in [5.41, 5.74) is 0.978. The maximum absolute atomic E-state index is 8.97. The molecule has 0 aromatic carbocycles. The molecule has 0 unspecified atom stereocenters. The summed E-state index contributed by atoms with van der Waals surface area (Å²) in [5.74, 6) is 0. The Balaban J connectivity index is 2.44. The van der Waals surface area contributed by atoms with Gasteiger partial charge in [-0.05, 0) is 34.5 Å². The predicted octanol–water partition coefficient (Wildman–Crippen LogP) is 1.70. The van der Waals surface area contributed by atoms with Crippen molar-refractivity contribution in [3.05, 3.63) is 28.5 Å². The van der Waals surface area contributed by atoms with E-state index in [1.165, 1.54) is 0 Å². The van der Waals surface area contributed by atoms with E-state index >= 15 is 0 Å². The van der Waals surface area contributed by atoms with Crippen molar-refractivity contribution in [3.63, 3.8) is 0 Å². The Morgan fingerprint density at radius 2 is 2.36 bits per heavy atom.